The number of methoxy groups -OCH3 is 1. The molecule has 160 valence electrons. The number of carbonyl (C=O) groups excluding carboxylic acids is 4. The number of rotatable bonds is 9. The highest BCUT2D eigenvalue weighted by atomic mass is 32.1. The monoisotopic (exact) mass is 435 g/mol. The Morgan fingerprint density at radius 3 is 2.60 bits per heavy atom. The van der Waals surface area contributed by atoms with E-state index < -0.39 is 30.2 Å². The summed E-state index contributed by atoms with van der Waals surface area (Å²) in [5.74, 6) is -2.31. The maximum Gasteiger partial charge on any atom is 0.325 e. The molecule has 0 aliphatic rings. The van der Waals surface area contributed by atoms with E-state index in [0.29, 0.717) is 23.0 Å². The number of anilines is 2. The number of esters is 1. The van der Waals surface area contributed by atoms with Crippen molar-refractivity contribution < 1.29 is 28.7 Å². The van der Waals surface area contributed by atoms with Crippen molar-refractivity contribution in [2.75, 3.05) is 37.4 Å². The molecule has 0 unspecified atom stereocenters. The molecule has 0 bridgehead atoms. The molecule has 11 nitrogen and oxygen atoms in total. The highest BCUT2D eigenvalue weighted by Gasteiger charge is 2.27. The molecule has 2 rings (SSSR count). The normalized spacial score (nSPS) is 10.2. The number of hydrogen-bond donors (Lipinski definition) is 3. The zero-order chi connectivity index (χ0) is 22.3. The van der Waals surface area contributed by atoms with Crippen LogP contribution in [0.4, 0.5) is 11.4 Å². The summed E-state index contributed by atoms with van der Waals surface area (Å²) in [5.41, 5.74) is 11.0. The van der Waals surface area contributed by atoms with E-state index in [1.165, 1.54) is 7.11 Å². The number of nitrogens with two attached hydrogens (primary N) is 2. The predicted octanol–water partition coefficient (Wildman–Crippen LogP) is 0.159. The second-order valence-corrected chi connectivity index (χ2v) is 6.59. The van der Waals surface area contributed by atoms with Gasteiger partial charge in [-0.1, -0.05) is 6.07 Å². The summed E-state index contributed by atoms with van der Waals surface area (Å²) in [4.78, 5) is 49.4. The van der Waals surface area contributed by atoms with Crippen molar-refractivity contribution >= 4 is 46.6 Å². The van der Waals surface area contributed by atoms with Gasteiger partial charge in [0.2, 0.25) is 5.91 Å². The van der Waals surface area contributed by atoms with Crippen LogP contribution in [0.5, 0.6) is 5.75 Å². The van der Waals surface area contributed by atoms with Crippen LogP contribution in [0.2, 0.25) is 0 Å². The fourth-order valence-electron chi connectivity index (χ4n) is 2.39. The van der Waals surface area contributed by atoms with Gasteiger partial charge in [0.1, 0.15) is 23.7 Å². The predicted molar refractivity (Wildman–Crippen MR) is 109 cm³/mol. The van der Waals surface area contributed by atoms with E-state index in [-0.39, 0.29) is 29.4 Å². The topological polar surface area (TPSA) is 167 Å². The Kier molecular flexibility index (Phi) is 7.69. The quantitative estimate of drug-likeness (QED) is 0.468. The standard InChI is InChI=1S/C18H21N5O6S/c1-3-29-13(25)8-21-12(24)9-23(10-5-4-6-11(7-10)28-2)18(27)16-14(19)15(17(20)26)22-30-16/h4-7H,3,8-9,19H2,1-2H3,(H2,20,26)(H,21,24). The van der Waals surface area contributed by atoms with Gasteiger partial charge in [-0.2, -0.15) is 4.37 Å². The lowest BCUT2D eigenvalue weighted by Crippen LogP contribution is -2.42. The second-order valence-electron chi connectivity index (χ2n) is 5.81. The van der Waals surface area contributed by atoms with E-state index in [0.717, 1.165) is 4.90 Å². The van der Waals surface area contributed by atoms with Gasteiger partial charge in [-0.15, -0.1) is 0 Å². The summed E-state index contributed by atoms with van der Waals surface area (Å²) in [6.45, 7) is 1.04. The summed E-state index contributed by atoms with van der Waals surface area (Å²) in [6, 6.07) is 6.43. The molecule has 1 heterocycles. The van der Waals surface area contributed by atoms with Gasteiger partial charge in [-0.25, -0.2) is 0 Å². The molecule has 1 aromatic carbocycles. The average molecular weight is 435 g/mol. The molecule has 0 aliphatic heterocycles. The summed E-state index contributed by atoms with van der Waals surface area (Å²) in [7, 11) is 1.46. The zero-order valence-electron chi connectivity index (χ0n) is 16.3. The third-order valence-electron chi connectivity index (χ3n) is 3.80. The molecule has 0 aliphatic carbocycles. The first kappa shape index (κ1) is 22.6. The van der Waals surface area contributed by atoms with Gasteiger partial charge >= 0.3 is 5.97 Å². The highest BCUT2D eigenvalue weighted by molar-refractivity contribution is 7.09. The van der Waals surface area contributed by atoms with E-state index >= 15 is 0 Å². The van der Waals surface area contributed by atoms with E-state index in [1.54, 1.807) is 31.2 Å². The van der Waals surface area contributed by atoms with Gasteiger partial charge in [0.05, 0.1) is 19.4 Å². The summed E-state index contributed by atoms with van der Waals surface area (Å²) in [5, 5.41) is 2.38. The lowest BCUT2D eigenvalue weighted by Gasteiger charge is -2.22. The molecule has 0 radical (unpaired) electrons. The third kappa shape index (κ3) is 5.44. The molecule has 12 heteroatoms. The van der Waals surface area contributed by atoms with Crippen LogP contribution >= 0.6 is 11.5 Å². The molecule has 5 N–H and O–H groups in total. The van der Waals surface area contributed by atoms with Gasteiger partial charge in [0.15, 0.2) is 5.69 Å². The second kappa shape index (κ2) is 10.2. The summed E-state index contributed by atoms with van der Waals surface area (Å²) >= 11 is 0.693. The van der Waals surface area contributed by atoms with Crippen molar-refractivity contribution in [1.29, 1.82) is 0 Å². The molecular formula is C18H21N5O6S. The van der Waals surface area contributed by atoms with Crippen molar-refractivity contribution in [3.63, 3.8) is 0 Å². The van der Waals surface area contributed by atoms with Crippen molar-refractivity contribution in [3.8, 4) is 5.75 Å². The number of benzene rings is 1. The number of ether oxygens (including phenoxy) is 2. The highest BCUT2D eigenvalue weighted by Crippen LogP contribution is 2.27. The molecule has 0 fully saturated rings. The molecule has 0 atom stereocenters. The van der Waals surface area contributed by atoms with Crippen LogP contribution in [0.25, 0.3) is 0 Å². The van der Waals surface area contributed by atoms with Crippen LogP contribution in [0.15, 0.2) is 24.3 Å². The first-order valence-electron chi connectivity index (χ1n) is 8.71. The van der Waals surface area contributed by atoms with Gasteiger partial charge in [-0.05, 0) is 30.6 Å². The minimum Gasteiger partial charge on any atom is -0.497 e. The number of nitrogens with zero attached hydrogens (tertiary/aromatic N) is 2. The molecule has 0 saturated heterocycles. The number of hydrogen-bond acceptors (Lipinski definition) is 9. The Morgan fingerprint density at radius 2 is 2.00 bits per heavy atom. The Labute approximate surface area is 176 Å². The fourth-order valence-corrected chi connectivity index (χ4v) is 3.15. The summed E-state index contributed by atoms with van der Waals surface area (Å²) < 4.78 is 13.7. The molecule has 0 spiro atoms. The van der Waals surface area contributed by atoms with Crippen LogP contribution in [0.1, 0.15) is 27.1 Å². The van der Waals surface area contributed by atoms with Gasteiger partial charge < -0.3 is 26.3 Å². The molecule has 1 aromatic heterocycles. The van der Waals surface area contributed by atoms with Crippen molar-refractivity contribution in [1.82, 2.24) is 9.69 Å². The Balaban J connectivity index is 2.31. The Hall–Kier alpha value is -3.67. The maximum atomic E-state index is 13.1. The average Bonchev–Trinajstić information content (AvgIpc) is 3.12. The summed E-state index contributed by atoms with van der Waals surface area (Å²) in [6.07, 6.45) is 0. The largest absolute Gasteiger partial charge is 0.497 e. The van der Waals surface area contributed by atoms with E-state index in [9.17, 15) is 19.2 Å². The minimum atomic E-state index is -0.872. The maximum absolute atomic E-state index is 13.1. The van der Waals surface area contributed by atoms with E-state index in [1.807, 2.05) is 0 Å². The SMILES string of the molecule is CCOC(=O)CNC(=O)CN(C(=O)c1snc(C(N)=O)c1N)c1cccc(OC)c1. The van der Waals surface area contributed by atoms with E-state index in [4.69, 9.17) is 20.9 Å². The first-order valence-corrected chi connectivity index (χ1v) is 9.49. The van der Waals surface area contributed by atoms with Gasteiger partial charge in [0.25, 0.3) is 11.8 Å². The van der Waals surface area contributed by atoms with Crippen LogP contribution in [-0.4, -0.2) is 54.9 Å². The lowest BCUT2D eigenvalue weighted by atomic mass is 10.2. The zero-order valence-corrected chi connectivity index (χ0v) is 17.2. The van der Waals surface area contributed by atoms with Crippen LogP contribution in [0, 0.1) is 0 Å². The molecule has 2 aromatic rings. The molecular weight excluding hydrogens is 414 g/mol. The number of primary amides is 1. The minimum absolute atomic E-state index is 0.0511. The molecule has 3 amide bonds. The van der Waals surface area contributed by atoms with Gasteiger partial charge in [0, 0.05) is 11.8 Å². The smallest absolute Gasteiger partial charge is 0.325 e. The Bertz CT molecular complexity index is 960. The van der Waals surface area contributed by atoms with Crippen LogP contribution in [-0.2, 0) is 14.3 Å². The molecule has 30 heavy (non-hydrogen) atoms. The van der Waals surface area contributed by atoms with Crippen LogP contribution in [0.3, 0.4) is 0 Å². The van der Waals surface area contributed by atoms with Crippen molar-refractivity contribution in [3.05, 3.63) is 34.8 Å². The lowest BCUT2D eigenvalue weighted by molar-refractivity contribution is -0.143. The molecule has 0 saturated carbocycles. The number of aromatic nitrogens is 1. The Morgan fingerprint density at radius 1 is 1.27 bits per heavy atom. The first-order chi connectivity index (χ1) is 14.3. The third-order valence-corrected chi connectivity index (χ3v) is 4.65. The van der Waals surface area contributed by atoms with Crippen molar-refractivity contribution in [2.45, 2.75) is 6.92 Å². The number of carbonyl (C=O) groups is 4. The number of amides is 3. The number of nitrogens with one attached hydrogen (secondary N) is 1. The fraction of sp³-hybridized carbons (Fsp3) is 0.278. The van der Waals surface area contributed by atoms with Crippen molar-refractivity contribution in [2.24, 2.45) is 5.73 Å². The van der Waals surface area contributed by atoms with Crippen LogP contribution < -0.4 is 26.4 Å². The number of nitrogen functional groups attached to an aromatic ring is 1. The van der Waals surface area contributed by atoms with E-state index in [2.05, 4.69) is 9.69 Å². The van der Waals surface area contributed by atoms with Gasteiger partial charge in [-0.3, -0.25) is 24.1 Å².